The molecule has 6 heteroatoms. The van der Waals surface area contributed by atoms with Crippen molar-refractivity contribution in [2.45, 2.75) is 19.9 Å². The molecule has 6 nitrogen and oxygen atoms in total. The Morgan fingerprint density at radius 1 is 1.38 bits per heavy atom. The molecule has 0 aromatic heterocycles. The monoisotopic (exact) mass is 293 g/mol. The highest BCUT2D eigenvalue weighted by atomic mass is 16.5. The molecule has 0 aliphatic carbocycles. The number of nitrogens with one attached hydrogen (secondary N) is 1. The third-order valence-corrected chi connectivity index (χ3v) is 3.12. The number of anilines is 1. The number of likely N-dealkylation sites (N-methyl/N-ethyl adjacent to an activating group) is 1. The third kappa shape index (κ3) is 6.37. The van der Waals surface area contributed by atoms with E-state index in [0.29, 0.717) is 19.6 Å². The van der Waals surface area contributed by atoms with Crippen molar-refractivity contribution < 1.29 is 14.3 Å². The molecule has 0 saturated carbocycles. The first-order chi connectivity index (χ1) is 10.1. The Balaban J connectivity index is 2.48. The van der Waals surface area contributed by atoms with E-state index in [-0.39, 0.29) is 24.8 Å². The van der Waals surface area contributed by atoms with Gasteiger partial charge in [0, 0.05) is 18.8 Å². The molecular weight excluding hydrogens is 270 g/mol. The Bertz CT molecular complexity index is 477. The van der Waals surface area contributed by atoms with Crippen LogP contribution in [0.25, 0.3) is 0 Å². The van der Waals surface area contributed by atoms with Crippen molar-refractivity contribution in [3.05, 3.63) is 29.8 Å². The summed E-state index contributed by atoms with van der Waals surface area (Å²) >= 11 is 0. The summed E-state index contributed by atoms with van der Waals surface area (Å²) in [5, 5.41) is 2.83. The van der Waals surface area contributed by atoms with E-state index < -0.39 is 0 Å². The lowest BCUT2D eigenvalue weighted by Gasteiger charge is -2.19. The molecule has 3 N–H and O–H groups in total. The van der Waals surface area contributed by atoms with Crippen LogP contribution in [0.2, 0.25) is 0 Å². The first-order valence-corrected chi connectivity index (χ1v) is 6.97. The van der Waals surface area contributed by atoms with Crippen LogP contribution < -0.4 is 11.1 Å². The normalized spacial score (nSPS) is 10.5. The lowest BCUT2D eigenvalue weighted by molar-refractivity contribution is -0.141. The Labute approximate surface area is 125 Å². The lowest BCUT2D eigenvalue weighted by Crippen LogP contribution is -2.34. The first kappa shape index (κ1) is 17.1. The standard InChI is InChI=1S/C15H23N3O3/c1-3-18(8-7-15(20)21-2)11-14(19)17-13-6-4-5-12(9-13)10-16/h4-6,9H,3,7-8,10-11,16H2,1-2H3,(H,17,19). The van der Waals surface area contributed by atoms with Crippen molar-refractivity contribution in [2.24, 2.45) is 5.73 Å². The maximum absolute atomic E-state index is 12.0. The van der Waals surface area contributed by atoms with E-state index >= 15 is 0 Å². The van der Waals surface area contributed by atoms with E-state index in [1.165, 1.54) is 7.11 Å². The highest BCUT2D eigenvalue weighted by Gasteiger charge is 2.11. The first-order valence-electron chi connectivity index (χ1n) is 6.97. The van der Waals surface area contributed by atoms with Crippen molar-refractivity contribution in [2.75, 3.05) is 32.1 Å². The SMILES string of the molecule is CCN(CCC(=O)OC)CC(=O)Nc1cccc(CN)c1. The molecule has 0 spiro atoms. The molecule has 21 heavy (non-hydrogen) atoms. The molecule has 0 unspecified atom stereocenters. The highest BCUT2D eigenvalue weighted by molar-refractivity contribution is 5.92. The zero-order valence-electron chi connectivity index (χ0n) is 12.6. The smallest absolute Gasteiger partial charge is 0.306 e. The van der Waals surface area contributed by atoms with Crippen LogP contribution in [0.15, 0.2) is 24.3 Å². The molecule has 0 aliphatic rings. The molecule has 116 valence electrons. The van der Waals surface area contributed by atoms with Crippen LogP contribution in [0.1, 0.15) is 18.9 Å². The van der Waals surface area contributed by atoms with Crippen LogP contribution in [-0.4, -0.2) is 43.5 Å². The Kier molecular flexibility index (Phi) is 7.42. The molecule has 1 amide bonds. The largest absolute Gasteiger partial charge is 0.469 e. The summed E-state index contributed by atoms with van der Waals surface area (Å²) in [4.78, 5) is 25.0. The Morgan fingerprint density at radius 2 is 2.14 bits per heavy atom. The second kappa shape index (κ2) is 9.10. The molecule has 0 fully saturated rings. The van der Waals surface area contributed by atoms with E-state index in [2.05, 4.69) is 10.1 Å². The Morgan fingerprint density at radius 3 is 2.76 bits per heavy atom. The molecule has 1 aromatic rings. The van der Waals surface area contributed by atoms with Crippen LogP contribution in [-0.2, 0) is 20.9 Å². The zero-order chi connectivity index (χ0) is 15.7. The van der Waals surface area contributed by atoms with Gasteiger partial charge in [-0.05, 0) is 24.2 Å². The minimum Gasteiger partial charge on any atom is -0.469 e. The summed E-state index contributed by atoms with van der Waals surface area (Å²) in [6.07, 6.45) is 0.278. The van der Waals surface area contributed by atoms with Crippen LogP contribution in [0.3, 0.4) is 0 Å². The summed E-state index contributed by atoms with van der Waals surface area (Å²) in [7, 11) is 1.36. The topological polar surface area (TPSA) is 84.7 Å². The molecule has 1 rings (SSSR count). The average Bonchev–Trinajstić information content (AvgIpc) is 2.51. The second-order valence-corrected chi connectivity index (χ2v) is 4.65. The molecule has 0 bridgehead atoms. The van der Waals surface area contributed by atoms with Gasteiger partial charge in [0.2, 0.25) is 5.91 Å². The van der Waals surface area contributed by atoms with Crippen LogP contribution >= 0.6 is 0 Å². The van der Waals surface area contributed by atoms with E-state index in [4.69, 9.17) is 5.73 Å². The van der Waals surface area contributed by atoms with Crippen LogP contribution in [0.4, 0.5) is 5.69 Å². The van der Waals surface area contributed by atoms with E-state index in [1.807, 2.05) is 36.1 Å². The van der Waals surface area contributed by atoms with Gasteiger partial charge in [0.1, 0.15) is 0 Å². The zero-order valence-corrected chi connectivity index (χ0v) is 12.6. The fourth-order valence-electron chi connectivity index (χ4n) is 1.88. The number of methoxy groups -OCH3 is 1. The van der Waals surface area contributed by atoms with Gasteiger partial charge < -0.3 is 15.8 Å². The van der Waals surface area contributed by atoms with Gasteiger partial charge in [0.05, 0.1) is 20.1 Å². The maximum Gasteiger partial charge on any atom is 0.306 e. The fraction of sp³-hybridized carbons (Fsp3) is 0.467. The molecule has 0 aliphatic heterocycles. The van der Waals surface area contributed by atoms with Crippen molar-refractivity contribution in [3.8, 4) is 0 Å². The molecular formula is C15H23N3O3. The van der Waals surface area contributed by atoms with E-state index in [9.17, 15) is 9.59 Å². The number of nitrogens with zero attached hydrogens (tertiary/aromatic N) is 1. The molecule has 0 atom stereocenters. The van der Waals surface area contributed by atoms with Gasteiger partial charge in [-0.15, -0.1) is 0 Å². The van der Waals surface area contributed by atoms with E-state index in [0.717, 1.165) is 11.3 Å². The van der Waals surface area contributed by atoms with Crippen molar-refractivity contribution in [1.82, 2.24) is 4.90 Å². The van der Waals surface area contributed by atoms with Crippen molar-refractivity contribution >= 4 is 17.6 Å². The summed E-state index contributed by atoms with van der Waals surface area (Å²) < 4.78 is 4.59. The minimum atomic E-state index is -0.274. The number of nitrogens with two attached hydrogens (primary N) is 1. The van der Waals surface area contributed by atoms with E-state index in [1.54, 1.807) is 0 Å². The van der Waals surface area contributed by atoms with Crippen LogP contribution in [0, 0.1) is 0 Å². The van der Waals surface area contributed by atoms with Gasteiger partial charge in [-0.3, -0.25) is 14.5 Å². The molecule has 0 saturated heterocycles. The minimum absolute atomic E-state index is 0.115. The molecule has 0 radical (unpaired) electrons. The predicted octanol–water partition coefficient (Wildman–Crippen LogP) is 0.969. The molecule has 0 heterocycles. The number of carbonyl (C=O) groups is 2. The number of carbonyl (C=O) groups excluding carboxylic acids is 2. The number of amides is 1. The third-order valence-electron chi connectivity index (χ3n) is 3.12. The average molecular weight is 293 g/mol. The summed E-state index contributed by atoms with van der Waals surface area (Å²) in [5.74, 6) is -0.389. The maximum atomic E-state index is 12.0. The van der Waals surface area contributed by atoms with Gasteiger partial charge in [-0.1, -0.05) is 19.1 Å². The number of esters is 1. The number of ether oxygens (including phenoxy) is 1. The quantitative estimate of drug-likeness (QED) is 0.698. The number of benzene rings is 1. The van der Waals surface area contributed by atoms with Gasteiger partial charge >= 0.3 is 5.97 Å². The van der Waals surface area contributed by atoms with Crippen molar-refractivity contribution in [3.63, 3.8) is 0 Å². The summed E-state index contributed by atoms with van der Waals surface area (Å²) in [6.45, 7) is 3.80. The molecule has 1 aromatic carbocycles. The number of hydrogen-bond acceptors (Lipinski definition) is 5. The van der Waals surface area contributed by atoms with Gasteiger partial charge in [-0.2, -0.15) is 0 Å². The van der Waals surface area contributed by atoms with Crippen molar-refractivity contribution in [1.29, 1.82) is 0 Å². The summed E-state index contributed by atoms with van der Waals surface area (Å²) in [6, 6.07) is 7.43. The van der Waals surface area contributed by atoms with Gasteiger partial charge in [0.25, 0.3) is 0 Å². The Hall–Kier alpha value is -1.92. The number of hydrogen-bond donors (Lipinski definition) is 2. The summed E-state index contributed by atoms with van der Waals surface area (Å²) in [5.41, 5.74) is 7.26. The lowest BCUT2D eigenvalue weighted by atomic mass is 10.2. The van der Waals surface area contributed by atoms with Gasteiger partial charge in [-0.25, -0.2) is 0 Å². The predicted molar refractivity (Wildman–Crippen MR) is 81.7 cm³/mol. The van der Waals surface area contributed by atoms with Crippen LogP contribution in [0.5, 0.6) is 0 Å². The highest BCUT2D eigenvalue weighted by Crippen LogP contribution is 2.10. The fourth-order valence-corrected chi connectivity index (χ4v) is 1.88. The second-order valence-electron chi connectivity index (χ2n) is 4.65. The van der Waals surface area contributed by atoms with Gasteiger partial charge in [0.15, 0.2) is 0 Å². The number of rotatable bonds is 8.